The van der Waals surface area contributed by atoms with Gasteiger partial charge in [-0.2, -0.15) is 0 Å². The maximum Gasteiger partial charge on any atom is 0.165 e. The van der Waals surface area contributed by atoms with Crippen molar-refractivity contribution in [3.8, 4) is 5.75 Å². The Morgan fingerprint density at radius 1 is 1.32 bits per heavy atom. The van der Waals surface area contributed by atoms with Gasteiger partial charge in [-0.05, 0) is 63.6 Å². The standard InChI is InChI=1S/C15H23FN2O/c1-17(2)10-12-5-7-18(8-6-12)11-13-3-4-15(19)14(16)9-13/h3-4,9,12,19H,5-8,10-11H2,1-2H3. The van der Waals surface area contributed by atoms with Gasteiger partial charge in [0, 0.05) is 13.1 Å². The summed E-state index contributed by atoms with van der Waals surface area (Å²) in [6.45, 7) is 4.07. The van der Waals surface area contributed by atoms with Gasteiger partial charge in [-0.15, -0.1) is 0 Å². The first-order valence-corrected chi connectivity index (χ1v) is 6.89. The number of nitrogens with zero attached hydrogens (tertiary/aromatic N) is 2. The van der Waals surface area contributed by atoms with E-state index in [9.17, 15) is 9.50 Å². The highest BCUT2D eigenvalue weighted by molar-refractivity contribution is 5.27. The minimum Gasteiger partial charge on any atom is -0.505 e. The molecule has 0 saturated carbocycles. The Bertz CT molecular complexity index is 415. The van der Waals surface area contributed by atoms with Crippen molar-refractivity contribution in [2.45, 2.75) is 19.4 Å². The van der Waals surface area contributed by atoms with Gasteiger partial charge in [-0.1, -0.05) is 6.07 Å². The molecule has 1 heterocycles. The molecule has 1 N–H and O–H groups in total. The summed E-state index contributed by atoms with van der Waals surface area (Å²) in [6, 6.07) is 4.66. The molecule has 0 unspecified atom stereocenters. The van der Waals surface area contributed by atoms with Gasteiger partial charge in [-0.3, -0.25) is 4.90 Å². The number of phenolic OH excluding ortho intramolecular Hbond substituents is 1. The summed E-state index contributed by atoms with van der Waals surface area (Å²) in [5.41, 5.74) is 0.932. The van der Waals surface area contributed by atoms with E-state index in [1.54, 1.807) is 6.07 Å². The van der Waals surface area contributed by atoms with Crippen LogP contribution in [0, 0.1) is 11.7 Å². The highest BCUT2D eigenvalue weighted by Crippen LogP contribution is 2.21. The van der Waals surface area contributed by atoms with Crippen molar-refractivity contribution in [3.63, 3.8) is 0 Å². The third-order valence-corrected chi connectivity index (χ3v) is 3.75. The molecule has 1 aromatic rings. The summed E-state index contributed by atoms with van der Waals surface area (Å²) in [6.07, 6.45) is 2.41. The number of aromatic hydroxyl groups is 1. The van der Waals surface area contributed by atoms with E-state index in [2.05, 4.69) is 23.9 Å². The maximum absolute atomic E-state index is 13.3. The van der Waals surface area contributed by atoms with E-state index < -0.39 is 5.82 Å². The molecule has 106 valence electrons. The zero-order valence-electron chi connectivity index (χ0n) is 11.8. The number of phenols is 1. The van der Waals surface area contributed by atoms with Crippen molar-refractivity contribution < 1.29 is 9.50 Å². The first-order chi connectivity index (χ1) is 9.04. The highest BCUT2D eigenvalue weighted by Gasteiger charge is 2.19. The molecule has 1 aromatic carbocycles. The van der Waals surface area contributed by atoms with Crippen molar-refractivity contribution in [1.29, 1.82) is 0 Å². The molecule has 0 atom stereocenters. The van der Waals surface area contributed by atoms with Crippen LogP contribution in [0.3, 0.4) is 0 Å². The molecule has 1 saturated heterocycles. The van der Waals surface area contributed by atoms with Gasteiger partial charge in [0.2, 0.25) is 0 Å². The van der Waals surface area contributed by atoms with Gasteiger partial charge in [0.05, 0.1) is 0 Å². The lowest BCUT2D eigenvalue weighted by Gasteiger charge is -2.33. The molecule has 0 aromatic heterocycles. The zero-order valence-corrected chi connectivity index (χ0v) is 11.8. The van der Waals surface area contributed by atoms with Crippen molar-refractivity contribution in [2.75, 3.05) is 33.7 Å². The molecule has 0 bridgehead atoms. The Kier molecular flexibility index (Phi) is 4.77. The third-order valence-electron chi connectivity index (χ3n) is 3.75. The average Bonchev–Trinajstić information content (AvgIpc) is 2.36. The summed E-state index contributed by atoms with van der Waals surface area (Å²) in [5.74, 6) is -0.0174. The van der Waals surface area contributed by atoms with Crippen LogP contribution in [0.4, 0.5) is 4.39 Å². The fourth-order valence-corrected chi connectivity index (χ4v) is 2.75. The average molecular weight is 266 g/mol. The van der Waals surface area contributed by atoms with Crippen LogP contribution in [0.2, 0.25) is 0 Å². The first kappa shape index (κ1) is 14.3. The van der Waals surface area contributed by atoms with Crippen LogP contribution in [0.1, 0.15) is 18.4 Å². The lowest BCUT2D eigenvalue weighted by Crippen LogP contribution is -2.36. The fourth-order valence-electron chi connectivity index (χ4n) is 2.75. The molecule has 0 amide bonds. The second-order valence-electron chi connectivity index (χ2n) is 5.77. The zero-order chi connectivity index (χ0) is 13.8. The van der Waals surface area contributed by atoms with Crippen LogP contribution in [-0.4, -0.2) is 48.6 Å². The van der Waals surface area contributed by atoms with Gasteiger partial charge < -0.3 is 10.0 Å². The Morgan fingerprint density at radius 2 is 2.00 bits per heavy atom. The SMILES string of the molecule is CN(C)CC1CCN(Cc2ccc(O)c(F)c2)CC1. The summed E-state index contributed by atoms with van der Waals surface area (Å²) < 4.78 is 13.3. The van der Waals surface area contributed by atoms with Crippen LogP contribution in [0.5, 0.6) is 5.75 Å². The van der Waals surface area contributed by atoms with E-state index in [1.165, 1.54) is 25.0 Å². The molecular formula is C15H23FN2O. The molecule has 1 fully saturated rings. The largest absolute Gasteiger partial charge is 0.505 e. The van der Waals surface area contributed by atoms with E-state index in [0.717, 1.165) is 37.7 Å². The van der Waals surface area contributed by atoms with Gasteiger partial charge in [0.25, 0.3) is 0 Å². The Hall–Kier alpha value is -1.13. The fraction of sp³-hybridized carbons (Fsp3) is 0.600. The van der Waals surface area contributed by atoms with Gasteiger partial charge in [0.15, 0.2) is 11.6 Å². The third kappa shape index (κ3) is 4.18. The molecule has 1 aliphatic rings. The predicted octanol–water partition coefficient (Wildman–Crippen LogP) is 2.30. The lowest BCUT2D eigenvalue weighted by molar-refractivity contribution is 0.156. The number of rotatable bonds is 4. The number of piperidine rings is 1. The van der Waals surface area contributed by atoms with Crippen molar-refractivity contribution in [1.82, 2.24) is 9.80 Å². The van der Waals surface area contributed by atoms with Crippen LogP contribution in [0.15, 0.2) is 18.2 Å². The van der Waals surface area contributed by atoms with Crippen LogP contribution < -0.4 is 0 Å². The van der Waals surface area contributed by atoms with Crippen LogP contribution >= 0.6 is 0 Å². The highest BCUT2D eigenvalue weighted by atomic mass is 19.1. The van der Waals surface area contributed by atoms with Crippen molar-refractivity contribution in [3.05, 3.63) is 29.6 Å². The van der Waals surface area contributed by atoms with E-state index in [-0.39, 0.29) is 5.75 Å². The van der Waals surface area contributed by atoms with E-state index in [1.807, 2.05) is 0 Å². The number of hydrogen-bond donors (Lipinski definition) is 1. The van der Waals surface area contributed by atoms with E-state index in [4.69, 9.17) is 0 Å². The van der Waals surface area contributed by atoms with E-state index in [0.29, 0.717) is 0 Å². The Morgan fingerprint density at radius 3 is 2.58 bits per heavy atom. The summed E-state index contributed by atoms with van der Waals surface area (Å²) in [7, 11) is 4.23. The molecule has 0 spiro atoms. The number of likely N-dealkylation sites (tertiary alicyclic amines) is 1. The summed E-state index contributed by atoms with van der Waals surface area (Å²) >= 11 is 0. The van der Waals surface area contributed by atoms with Gasteiger partial charge >= 0.3 is 0 Å². The molecule has 0 radical (unpaired) electrons. The monoisotopic (exact) mass is 266 g/mol. The molecule has 0 aliphatic carbocycles. The quantitative estimate of drug-likeness (QED) is 0.906. The van der Waals surface area contributed by atoms with Crippen LogP contribution in [0.25, 0.3) is 0 Å². The Balaban J connectivity index is 1.83. The minimum absolute atomic E-state index is 0.270. The number of benzene rings is 1. The van der Waals surface area contributed by atoms with Gasteiger partial charge in [0.1, 0.15) is 0 Å². The maximum atomic E-state index is 13.3. The molecule has 2 rings (SSSR count). The summed E-state index contributed by atoms with van der Waals surface area (Å²) in [4.78, 5) is 4.60. The molecule has 4 heteroatoms. The summed E-state index contributed by atoms with van der Waals surface area (Å²) in [5, 5.41) is 9.17. The normalized spacial score (nSPS) is 18.1. The second-order valence-corrected chi connectivity index (χ2v) is 5.77. The van der Waals surface area contributed by atoms with Gasteiger partial charge in [-0.25, -0.2) is 4.39 Å². The molecule has 1 aliphatic heterocycles. The molecular weight excluding hydrogens is 243 g/mol. The molecule has 3 nitrogen and oxygen atoms in total. The number of hydrogen-bond acceptors (Lipinski definition) is 3. The Labute approximate surface area is 114 Å². The van der Waals surface area contributed by atoms with Crippen LogP contribution in [-0.2, 0) is 6.54 Å². The van der Waals surface area contributed by atoms with Crippen molar-refractivity contribution in [2.24, 2.45) is 5.92 Å². The molecule has 19 heavy (non-hydrogen) atoms. The topological polar surface area (TPSA) is 26.7 Å². The minimum atomic E-state index is -0.528. The lowest BCUT2D eigenvalue weighted by atomic mass is 9.96. The predicted molar refractivity (Wildman–Crippen MR) is 74.6 cm³/mol. The number of halogens is 1. The van der Waals surface area contributed by atoms with E-state index >= 15 is 0 Å². The smallest absolute Gasteiger partial charge is 0.165 e. The second kappa shape index (κ2) is 6.35. The first-order valence-electron chi connectivity index (χ1n) is 6.89. The van der Waals surface area contributed by atoms with Crippen molar-refractivity contribution >= 4 is 0 Å².